The number of benzene rings is 1. The molecular weight excluding hydrogens is 302 g/mol. The van der Waals surface area contributed by atoms with Gasteiger partial charge in [-0.25, -0.2) is 5.10 Å². The maximum absolute atomic E-state index is 11.2. The first-order chi connectivity index (χ1) is 9.99. The fourth-order valence-corrected chi connectivity index (χ4v) is 1.53. The predicted octanol–water partition coefficient (Wildman–Crippen LogP) is 0.851. The number of nitro groups is 1. The van der Waals surface area contributed by atoms with Gasteiger partial charge in [0.25, 0.3) is 11.2 Å². The second kappa shape index (κ2) is 6.01. The lowest BCUT2D eigenvalue weighted by molar-refractivity contribution is -0.398. The van der Waals surface area contributed by atoms with E-state index < -0.39 is 21.9 Å². The first-order valence-electron chi connectivity index (χ1n) is 5.46. The van der Waals surface area contributed by atoms with Crippen LogP contribution in [0.25, 0.3) is 0 Å². The van der Waals surface area contributed by atoms with E-state index in [9.17, 15) is 20.0 Å². The van der Waals surface area contributed by atoms with Crippen LogP contribution in [0.3, 0.4) is 0 Å². The molecule has 0 aliphatic carbocycles. The maximum Gasteiger partial charge on any atom is 0.285 e. The highest BCUT2D eigenvalue weighted by molar-refractivity contribution is 6.32. The Balaban J connectivity index is 2.19. The molecule has 2 aromatic rings. The third-order valence-corrected chi connectivity index (χ3v) is 2.75. The van der Waals surface area contributed by atoms with Gasteiger partial charge in [0.1, 0.15) is 10.7 Å². The number of hydrogen-bond donors (Lipinski definition) is 2. The minimum absolute atomic E-state index is 0.122. The summed E-state index contributed by atoms with van der Waals surface area (Å²) >= 11 is 5.71. The zero-order valence-electron chi connectivity index (χ0n) is 10.2. The van der Waals surface area contributed by atoms with Crippen molar-refractivity contribution in [3.63, 3.8) is 0 Å². The molecule has 0 aliphatic rings. The SMILES string of the molecule is O=c1[nH]ncc(N/N=C/c2ccc([O-])c([N+](=O)[O-])c2)c1Cl. The maximum atomic E-state index is 11.2. The summed E-state index contributed by atoms with van der Waals surface area (Å²) in [5.41, 5.74) is 1.85. The van der Waals surface area contributed by atoms with Gasteiger partial charge >= 0.3 is 0 Å². The quantitative estimate of drug-likeness (QED) is 0.488. The number of halogens is 1. The van der Waals surface area contributed by atoms with E-state index in [2.05, 4.69) is 20.7 Å². The van der Waals surface area contributed by atoms with Crippen molar-refractivity contribution >= 4 is 29.2 Å². The molecule has 0 aliphatic heterocycles. The second-order valence-electron chi connectivity index (χ2n) is 3.78. The highest BCUT2D eigenvalue weighted by atomic mass is 35.5. The molecule has 0 atom stereocenters. The summed E-state index contributed by atoms with van der Waals surface area (Å²) in [5, 5.41) is 31.2. The van der Waals surface area contributed by atoms with Gasteiger partial charge in [-0.05, 0) is 5.75 Å². The van der Waals surface area contributed by atoms with Crippen LogP contribution in [-0.4, -0.2) is 21.3 Å². The Morgan fingerprint density at radius 1 is 1.48 bits per heavy atom. The molecule has 1 heterocycles. The van der Waals surface area contributed by atoms with Gasteiger partial charge in [0, 0.05) is 11.6 Å². The zero-order chi connectivity index (χ0) is 15.4. The highest BCUT2D eigenvalue weighted by Gasteiger charge is 2.07. The fraction of sp³-hybridized carbons (Fsp3) is 0. The van der Waals surface area contributed by atoms with Gasteiger partial charge in [-0.2, -0.15) is 10.2 Å². The van der Waals surface area contributed by atoms with Gasteiger partial charge in [0.05, 0.1) is 17.3 Å². The van der Waals surface area contributed by atoms with Crippen LogP contribution in [-0.2, 0) is 0 Å². The molecule has 0 amide bonds. The van der Waals surface area contributed by atoms with Gasteiger partial charge in [-0.15, -0.1) is 0 Å². The van der Waals surface area contributed by atoms with Gasteiger partial charge in [-0.1, -0.05) is 23.7 Å². The van der Waals surface area contributed by atoms with Crippen molar-refractivity contribution in [2.24, 2.45) is 5.10 Å². The van der Waals surface area contributed by atoms with Crippen LogP contribution in [0.1, 0.15) is 5.56 Å². The number of anilines is 1. The Labute approximate surface area is 122 Å². The Hall–Kier alpha value is -2.94. The summed E-state index contributed by atoms with van der Waals surface area (Å²) in [6.07, 6.45) is 2.49. The van der Waals surface area contributed by atoms with E-state index in [1.807, 2.05) is 0 Å². The Kier molecular flexibility index (Phi) is 4.14. The van der Waals surface area contributed by atoms with E-state index in [0.29, 0.717) is 5.56 Å². The number of nitro benzene ring substituents is 1. The first-order valence-corrected chi connectivity index (χ1v) is 5.84. The minimum atomic E-state index is -0.773. The van der Waals surface area contributed by atoms with Crippen LogP contribution < -0.4 is 16.1 Å². The number of nitrogens with one attached hydrogen (secondary N) is 2. The highest BCUT2D eigenvalue weighted by Crippen LogP contribution is 2.23. The van der Waals surface area contributed by atoms with Crippen LogP contribution in [0.4, 0.5) is 11.4 Å². The predicted molar refractivity (Wildman–Crippen MR) is 73.6 cm³/mol. The number of aromatic nitrogens is 2. The van der Waals surface area contributed by atoms with Crippen LogP contribution in [0.5, 0.6) is 5.75 Å². The Morgan fingerprint density at radius 2 is 2.24 bits per heavy atom. The number of H-pyrrole nitrogens is 1. The van der Waals surface area contributed by atoms with Crippen molar-refractivity contribution in [3.8, 4) is 5.75 Å². The minimum Gasteiger partial charge on any atom is -0.868 e. The number of rotatable bonds is 4. The smallest absolute Gasteiger partial charge is 0.285 e. The summed E-state index contributed by atoms with van der Waals surface area (Å²) in [5.74, 6) is -0.688. The summed E-state index contributed by atoms with van der Waals surface area (Å²) in [6.45, 7) is 0. The molecule has 1 aromatic heterocycles. The normalized spacial score (nSPS) is 10.7. The zero-order valence-corrected chi connectivity index (χ0v) is 11.0. The molecule has 21 heavy (non-hydrogen) atoms. The van der Waals surface area contributed by atoms with Crippen molar-refractivity contribution in [2.75, 3.05) is 5.43 Å². The van der Waals surface area contributed by atoms with Crippen molar-refractivity contribution in [3.05, 3.63) is 55.5 Å². The fourth-order valence-electron chi connectivity index (χ4n) is 1.40. The molecule has 0 spiro atoms. The molecule has 1 aromatic carbocycles. The van der Waals surface area contributed by atoms with Crippen molar-refractivity contribution in [2.45, 2.75) is 0 Å². The van der Waals surface area contributed by atoms with Gasteiger partial charge in [0.15, 0.2) is 0 Å². The lowest BCUT2D eigenvalue weighted by Crippen LogP contribution is -2.10. The number of hydrogen-bond acceptors (Lipinski definition) is 7. The molecule has 0 radical (unpaired) electrons. The Morgan fingerprint density at radius 3 is 2.95 bits per heavy atom. The van der Waals surface area contributed by atoms with Crippen LogP contribution in [0, 0.1) is 10.1 Å². The molecule has 0 unspecified atom stereocenters. The second-order valence-corrected chi connectivity index (χ2v) is 4.16. The molecule has 0 saturated heterocycles. The molecule has 2 rings (SSSR count). The van der Waals surface area contributed by atoms with Crippen LogP contribution in [0.2, 0.25) is 5.02 Å². The van der Waals surface area contributed by atoms with Gasteiger partial charge < -0.3 is 5.11 Å². The van der Waals surface area contributed by atoms with Gasteiger partial charge in [0.2, 0.25) is 0 Å². The molecule has 10 heteroatoms. The molecule has 0 saturated carbocycles. The summed E-state index contributed by atoms with van der Waals surface area (Å²) in [6, 6.07) is 3.53. The monoisotopic (exact) mass is 308 g/mol. The third-order valence-electron chi connectivity index (χ3n) is 2.37. The van der Waals surface area contributed by atoms with Gasteiger partial charge in [-0.3, -0.25) is 20.3 Å². The van der Waals surface area contributed by atoms with E-state index in [0.717, 1.165) is 12.1 Å². The standard InChI is InChI=1S/C11H8ClN5O4/c12-10-7(5-14-16-11(10)19)15-13-4-6-1-2-9(18)8(3-6)17(20)21/h1-5,18H,(H2,15,16,19)/p-1/b13-4+. The molecule has 108 valence electrons. The lowest BCUT2D eigenvalue weighted by Gasteiger charge is -2.06. The summed E-state index contributed by atoms with van der Waals surface area (Å²) < 4.78 is 0. The average molecular weight is 309 g/mol. The van der Waals surface area contributed by atoms with Crippen LogP contribution in [0.15, 0.2) is 34.3 Å². The Bertz CT molecular complexity index is 773. The lowest BCUT2D eigenvalue weighted by atomic mass is 10.2. The van der Waals surface area contributed by atoms with E-state index >= 15 is 0 Å². The van der Waals surface area contributed by atoms with E-state index in [4.69, 9.17) is 11.6 Å². The van der Waals surface area contributed by atoms with E-state index in [1.54, 1.807) is 0 Å². The summed E-state index contributed by atoms with van der Waals surface area (Å²) in [7, 11) is 0. The topological polar surface area (TPSA) is 136 Å². The van der Waals surface area contributed by atoms with Crippen molar-refractivity contribution in [1.82, 2.24) is 10.2 Å². The molecule has 0 bridgehead atoms. The number of hydrazone groups is 1. The third kappa shape index (κ3) is 3.34. The van der Waals surface area contributed by atoms with Crippen molar-refractivity contribution in [1.29, 1.82) is 0 Å². The average Bonchev–Trinajstić information content (AvgIpc) is 2.45. The molecule has 2 N–H and O–H groups in total. The largest absolute Gasteiger partial charge is 0.868 e. The molecular formula is C11H7ClN5O4-. The van der Waals surface area contributed by atoms with Crippen LogP contribution >= 0.6 is 11.6 Å². The number of nitrogens with zero attached hydrogens (tertiary/aromatic N) is 3. The number of aromatic amines is 1. The molecule has 9 nitrogen and oxygen atoms in total. The van der Waals surface area contributed by atoms with Crippen molar-refractivity contribution < 1.29 is 10.0 Å². The first kappa shape index (κ1) is 14.5. The summed E-state index contributed by atoms with van der Waals surface area (Å²) in [4.78, 5) is 21.0. The van der Waals surface area contributed by atoms with E-state index in [1.165, 1.54) is 18.5 Å². The molecule has 0 fully saturated rings. The van der Waals surface area contributed by atoms with E-state index in [-0.39, 0.29) is 10.7 Å².